The van der Waals surface area contributed by atoms with Gasteiger partial charge in [0.2, 0.25) is 0 Å². The average molecular weight is 252 g/mol. The van der Waals surface area contributed by atoms with Crippen molar-refractivity contribution in [3.63, 3.8) is 0 Å². The molecule has 1 heterocycles. The third-order valence-electron chi connectivity index (χ3n) is 5.04. The van der Waals surface area contributed by atoms with Crippen LogP contribution in [0.2, 0.25) is 0 Å². The Kier molecular flexibility index (Phi) is 4.52. The van der Waals surface area contributed by atoms with Gasteiger partial charge in [0.05, 0.1) is 0 Å². The van der Waals surface area contributed by atoms with Crippen LogP contribution in [0.5, 0.6) is 0 Å². The monoisotopic (exact) mass is 252 g/mol. The Morgan fingerprint density at radius 2 is 1.83 bits per heavy atom. The fourth-order valence-electron chi connectivity index (χ4n) is 3.12. The second-order valence-corrected chi connectivity index (χ2v) is 6.44. The second-order valence-electron chi connectivity index (χ2n) is 6.44. The van der Waals surface area contributed by atoms with Gasteiger partial charge in [-0.1, -0.05) is 39.5 Å². The molecule has 2 fully saturated rings. The van der Waals surface area contributed by atoms with Gasteiger partial charge in [0, 0.05) is 19.1 Å². The number of piperidine rings is 1. The van der Waals surface area contributed by atoms with E-state index >= 15 is 0 Å². The zero-order valence-corrected chi connectivity index (χ0v) is 12.0. The van der Waals surface area contributed by atoms with Crippen LogP contribution < -0.4 is 5.32 Å². The number of hydrogen-bond donors (Lipinski definition) is 1. The summed E-state index contributed by atoms with van der Waals surface area (Å²) in [4.78, 5) is 14.2. The van der Waals surface area contributed by atoms with Gasteiger partial charge in [0.1, 0.15) is 0 Å². The number of urea groups is 1. The summed E-state index contributed by atoms with van der Waals surface area (Å²) in [6.45, 7) is 6.48. The first-order valence-corrected chi connectivity index (χ1v) is 7.68. The summed E-state index contributed by atoms with van der Waals surface area (Å²) in [6.07, 6.45) is 9.77. The Morgan fingerprint density at radius 1 is 1.22 bits per heavy atom. The highest BCUT2D eigenvalue weighted by molar-refractivity contribution is 5.74. The summed E-state index contributed by atoms with van der Waals surface area (Å²) in [5.41, 5.74) is 0.460. The van der Waals surface area contributed by atoms with Crippen LogP contribution in [-0.2, 0) is 0 Å². The maximum atomic E-state index is 12.2. The van der Waals surface area contributed by atoms with Crippen molar-refractivity contribution in [1.82, 2.24) is 10.2 Å². The van der Waals surface area contributed by atoms with Crippen molar-refractivity contribution in [3.8, 4) is 0 Å². The molecule has 0 radical (unpaired) electrons. The highest BCUT2D eigenvalue weighted by Gasteiger charge is 2.30. The molecule has 2 amide bonds. The maximum Gasteiger partial charge on any atom is 0.317 e. The van der Waals surface area contributed by atoms with Gasteiger partial charge in [-0.25, -0.2) is 4.79 Å². The van der Waals surface area contributed by atoms with Crippen LogP contribution in [0.4, 0.5) is 4.79 Å². The predicted octanol–water partition coefficient (Wildman–Crippen LogP) is 3.54. The number of nitrogens with one attached hydrogen (secondary N) is 1. The smallest absolute Gasteiger partial charge is 0.317 e. The molecule has 3 nitrogen and oxygen atoms in total. The lowest BCUT2D eigenvalue weighted by Crippen LogP contribution is -2.49. The molecule has 104 valence electrons. The standard InChI is InChI=1S/C15H28N2O/c1-3-15(2)9-11-17(12-10-15)14(18)16-13-7-5-4-6-8-13/h13H,3-12H2,1-2H3,(H,16,18). The number of amides is 2. The number of carbonyl (C=O) groups is 1. The van der Waals surface area contributed by atoms with E-state index in [4.69, 9.17) is 0 Å². The molecule has 2 aliphatic rings. The molecule has 18 heavy (non-hydrogen) atoms. The van der Waals surface area contributed by atoms with Crippen LogP contribution in [0.1, 0.15) is 65.2 Å². The molecule has 1 saturated heterocycles. The van der Waals surface area contributed by atoms with Crippen molar-refractivity contribution in [2.45, 2.75) is 71.3 Å². The van der Waals surface area contributed by atoms with Gasteiger partial charge in [0.25, 0.3) is 0 Å². The molecule has 1 N–H and O–H groups in total. The SMILES string of the molecule is CCC1(C)CCN(C(=O)NC2CCCCC2)CC1. The second kappa shape index (κ2) is 5.94. The van der Waals surface area contributed by atoms with E-state index in [1.165, 1.54) is 38.5 Å². The molecular weight excluding hydrogens is 224 g/mol. The zero-order valence-electron chi connectivity index (χ0n) is 12.0. The Hall–Kier alpha value is -0.730. The molecule has 3 heteroatoms. The quantitative estimate of drug-likeness (QED) is 0.801. The molecular formula is C15H28N2O. The Bertz CT molecular complexity index is 276. The highest BCUT2D eigenvalue weighted by Crippen LogP contribution is 2.33. The first kappa shape index (κ1) is 13.7. The van der Waals surface area contributed by atoms with Gasteiger partial charge in [-0.2, -0.15) is 0 Å². The van der Waals surface area contributed by atoms with Crippen LogP contribution in [-0.4, -0.2) is 30.1 Å². The Balaban J connectivity index is 1.76. The molecule has 1 aliphatic carbocycles. The summed E-state index contributed by atoms with van der Waals surface area (Å²) in [5.74, 6) is 0. The Labute approximate surface area is 111 Å². The summed E-state index contributed by atoms with van der Waals surface area (Å²) in [7, 11) is 0. The summed E-state index contributed by atoms with van der Waals surface area (Å²) < 4.78 is 0. The molecule has 0 spiro atoms. The van der Waals surface area contributed by atoms with Crippen molar-refractivity contribution in [2.75, 3.05) is 13.1 Å². The molecule has 0 aromatic rings. The van der Waals surface area contributed by atoms with Gasteiger partial charge in [-0.3, -0.25) is 0 Å². The van der Waals surface area contributed by atoms with E-state index in [1.807, 2.05) is 4.90 Å². The van der Waals surface area contributed by atoms with Gasteiger partial charge < -0.3 is 10.2 Å². The third kappa shape index (κ3) is 3.39. The van der Waals surface area contributed by atoms with Crippen molar-refractivity contribution in [3.05, 3.63) is 0 Å². The lowest BCUT2D eigenvalue weighted by atomic mass is 9.78. The topological polar surface area (TPSA) is 32.3 Å². The van der Waals surface area contributed by atoms with Crippen LogP contribution >= 0.6 is 0 Å². The lowest BCUT2D eigenvalue weighted by molar-refractivity contribution is 0.123. The fraction of sp³-hybridized carbons (Fsp3) is 0.933. The number of carbonyl (C=O) groups excluding carboxylic acids is 1. The van der Waals surface area contributed by atoms with Crippen molar-refractivity contribution in [1.29, 1.82) is 0 Å². The third-order valence-corrected chi connectivity index (χ3v) is 5.04. The van der Waals surface area contributed by atoms with Gasteiger partial charge in [-0.15, -0.1) is 0 Å². The molecule has 0 atom stereocenters. The Morgan fingerprint density at radius 3 is 2.39 bits per heavy atom. The van der Waals surface area contributed by atoms with E-state index in [0.29, 0.717) is 11.5 Å². The molecule has 0 aromatic heterocycles. The van der Waals surface area contributed by atoms with Crippen LogP contribution in [0.15, 0.2) is 0 Å². The van der Waals surface area contributed by atoms with Crippen LogP contribution in [0, 0.1) is 5.41 Å². The molecule has 2 rings (SSSR count). The van der Waals surface area contributed by atoms with E-state index in [-0.39, 0.29) is 6.03 Å². The summed E-state index contributed by atoms with van der Waals surface area (Å²) in [6, 6.07) is 0.616. The lowest BCUT2D eigenvalue weighted by Gasteiger charge is -2.39. The first-order chi connectivity index (χ1) is 8.63. The first-order valence-electron chi connectivity index (χ1n) is 7.68. The number of rotatable bonds is 2. The van der Waals surface area contributed by atoms with E-state index in [2.05, 4.69) is 19.2 Å². The molecule has 0 bridgehead atoms. The molecule has 1 saturated carbocycles. The molecule has 1 aliphatic heterocycles. The number of hydrogen-bond acceptors (Lipinski definition) is 1. The van der Waals surface area contributed by atoms with Crippen molar-refractivity contribution >= 4 is 6.03 Å². The summed E-state index contributed by atoms with van der Waals surface area (Å²) >= 11 is 0. The average Bonchev–Trinajstić information content (AvgIpc) is 2.40. The molecule has 0 aromatic carbocycles. The maximum absolute atomic E-state index is 12.2. The predicted molar refractivity (Wildman–Crippen MR) is 74.6 cm³/mol. The highest BCUT2D eigenvalue weighted by atomic mass is 16.2. The largest absolute Gasteiger partial charge is 0.335 e. The summed E-state index contributed by atoms with van der Waals surface area (Å²) in [5, 5.41) is 3.22. The van der Waals surface area contributed by atoms with E-state index in [1.54, 1.807) is 0 Å². The molecule has 0 unspecified atom stereocenters. The number of likely N-dealkylation sites (tertiary alicyclic amines) is 1. The fourth-order valence-corrected chi connectivity index (χ4v) is 3.12. The minimum atomic E-state index is 0.181. The van der Waals surface area contributed by atoms with E-state index in [9.17, 15) is 4.79 Å². The van der Waals surface area contributed by atoms with Gasteiger partial charge >= 0.3 is 6.03 Å². The van der Waals surface area contributed by atoms with Crippen LogP contribution in [0.25, 0.3) is 0 Å². The number of nitrogens with zero attached hydrogens (tertiary/aromatic N) is 1. The zero-order chi connectivity index (χ0) is 13.0. The van der Waals surface area contributed by atoms with E-state index < -0.39 is 0 Å². The van der Waals surface area contributed by atoms with E-state index in [0.717, 1.165) is 25.9 Å². The minimum absolute atomic E-state index is 0.181. The van der Waals surface area contributed by atoms with Gasteiger partial charge in [0.15, 0.2) is 0 Å². The van der Waals surface area contributed by atoms with Crippen molar-refractivity contribution in [2.24, 2.45) is 5.41 Å². The van der Waals surface area contributed by atoms with Crippen LogP contribution in [0.3, 0.4) is 0 Å². The minimum Gasteiger partial charge on any atom is -0.335 e. The normalized spacial score (nSPS) is 24.9. The van der Waals surface area contributed by atoms with Gasteiger partial charge in [-0.05, 0) is 31.1 Å². The van der Waals surface area contributed by atoms with Crippen molar-refractivity contribution < 1.29 is 4.79 Å².